The van der Waals surface area contributed by atoms with Crippen molar-refractivity contribution >= 4 is 44.0 Å². The molecule has 1 fully saturated rings. The van der Waals surface area contributed by atoms with Gasteiger partial charge in [-0.2, -0.15) is 13.2 Å². The SMILES string of the molecule is CCOc1cc(C(Nc2ccc3c(N)nccc3c2)(OC(=O)C(F)(F)F)C(=O)N(C)Cc2ccccc2S(=O)(=O)C2CCC2)ccc1OC(C)C. The van der Waals surface area contributed by atoms with Crippen LogP contribution in [0.15, 0.2) is 77.8 Å². The third-order valence-electron chi connectivity index (χ3n) is 8.43. The second kappa shape index (κ2) is 14.7. The molecule has 1 atom stereocenters. The van der Waals surface area contributed by atoms with E-state index in [4.69, 9.17) is 19.9 Å². The van der Waals surface area contributed by atoms with Crippen LogP contribution in [0.1, 0.15) is 51.2 Å². The molecule has 15 heteroatoms. The van der Waals surface area contributed by atoms with E-state index in [1.165, 1.54) is 55.7 Å². The Hall–Kier alpha value is -5.05. The number of nitrogens with one attached hydrogen (secondary N) is 1. The Labute approximate surface area is 293 Å². The van der Waals surface area contributed by atoms with E-state index in [1.807, 2.05) is 0 Å². The summed E-state index contributed by atoms with van der Waals surface area (Å²) in [6, 6.07) is 16.2. The highest BCUT2D eigenvalue weighted by atomic mass is 32.2. The lowest BCUT2D eigenvalue weighted by atomic mass is 9.98. The number of halogens is 3. The first kappa shape index (κ1) is 37.2. The average molecular weight is 729 g/mol. The molecule has 1 saturated carbocycles. The van der Waals surface area contributed by atoms with E-state index in [1.54, 1.807) is 45.0 Å². The Bertz CT molecular complexity index is 2040. The van der Waals surface area contributed by atoms with Gasteiger partial charge in [-0.3, -0.25) is 4.79 Å². The van der Waals surface area contributed by atoms with E-state index in [-0.39, 0.29) is 58.3 Å². The number of esters is 1. The molecule has 1 aromatic heterocycles. The van der Waals surface area contributed by atoms with Gasteiger partial charge in [-0.15, -0.1) is 0 Å². The minimum atomic E-state index is -5.51. The molecule has 51 heavy (non-hydrogen) atoms. The molecule has 3 N–H and O–H groups in total. The van der Waals surface area contributed by atoms with E-state index in [9.17, 15) is 31.2 Å². The molecular formula is C36H39F3N4O7S. The van der Waals surface area contributed by atoms with Gasteiger partial charge in [0.2, 0.25) is 0 Å². The summed E-state index contributed by atoms with van der Waals surface area (Å²) in [5, 5.41) is 3.27. The highest BCUT2D eigenvalue weighted by Crippen LogP contribution is 2.40. The number of likely N-dealkylation sites (N-methyl/N-ethyl adjacent to an activating group) is 1. The Morgan fingerprint density at radius 2 is 1.76 bits per heavy atom. The minimum Gasteiger partial charge on any atom is -0.490 e. The van der Waals surface area contributed by atoms with Gasteiger partial charge in [0.25, 0.3) is 11.6 Å². The number of sulfone groups is 1. The molecule has 1 amide bonds. The number of fused-ring (bicyclic) bond motifs is 1. The molecule has 0 saturated heterocycles. The van der Waals surface area contributed by atoms with Crippen molar-refractivity contribution in [3.8, 4) is 11.5 Å². The minimum absolute atomic E-state index is 0.00902. The molecule has 1 aliphatic carbocycles. The van der Waals surface area contributed by atoms with Crippen LogP contribution in [0.2, 0.25) is 0 Å². The summed E-state index contributed by atoms with van der Waals surface area (Å²) >= 11 is 0. The molecule has 4 aromatic rings. The third-order valence-corrected chi connectivity index (χ3v) is 10.8. The second-order valence-electron chi connectivity index (χ2n) is 12.5. The predicted octanol–water partition coefficient (Wildman–Crippen LogP) is 6.36. The molecule has 0 bridgehead atoms. The average Bonchev–Trinajstić information content (AvgIpc) is 3.03. The van der Waals surface area contributed by atoms with Gasteiger partial charge in [0.1, 0.15) is 5.82 Å². The van der Waals surface area contributed by atoms with Crippen LogP contribution in [0.3, 0.4) is 0 Å². The number of carbonyl (C=O) groups is 2. The Morgan fingerprint density at radius 3 is 2.41 bits per heavy atom. The summed E-state index contributed by atoms with van der Waals surface area (Å²) in [4.78, 5) is 32.7. The normalized spacial score (nSPS) is 14.7. The summed E-state index contributed by atoms with van der Waals surface area (Å²) in [7, 11) is -2.49. The number of benzene rings is 3. The number of nitrogens with two attached hydrogens (primary N) is 1. The van der Waals surface area contributed by atoms with Gasteiger partial charge in [-0.25, -0.2) is 18.2 Å². The Balaban J connectivity index is 1.69. The second-order valence-corrected chi connectivity index (χ2v) is 14.7. The zero-order valence-electron chi connectivity index (χ0n) is 28.5. The molecule has 272 valence electrons. The topological polar surface area (TPSA) is 150 Å². The third kappa shape index (κ3) is 7.82. The van der Waals surface area contributed by atoms with Crippen LogP contribution >= 0.6 is 0 Å². The van der Waals surface area contributed by atoms with Crippen molar-refractivity contribution in [2.75, 3.05) is 24.7 Å². The molecule has 1 heterocycles. The lowest BCUT2D eigenvalue weighted by Crippen LogP contribution is -2.54. The maximum Gasteiger partial charge on any atom is 0.491 e. The van der Waals surface area contributed by atoms with E-state index in [0.717, 1.165) is 11.3 Å². The number of aromatic nitrogens is 1. The highest BCUT2D eigenvalue weighted by Gasteiger charge is 2.53. The number of alkyl halides is 3. The fourth-order valence-corrected chi connectivity index (χ4v) is 7.85. The molecule has 1 unspecified atom stereocenters. The number of nitrogens with zero attached hydrogens (tertiary/aromatic N) is 2. The Kier molecular flexibility index (Phi) is 10.7. The first-order valence-electron chi connectivity index (χ1n) is 16.3. The first-order chi connectivity index (χ1) is 24.1. The van der Waals surface area contributed by atoms with Gasteiger partial charge < -0.3 is 30.2 Å². The van der Waals surface area contributed by atoms with Crippen LogP contribution in [0, 0.1) is 0 Å². The zero-order chi connectivity index (χ0) is 37.1. The van der Waals surface area contributed by atoms with E-state index in [2.05, 4.69) is 10.3 Å². The van der Waals surface area contributed by atoms with Crippen LogP contribution < -0.4 is 20.5 Å². The van der Waals surface area contributed by atoms with Gasteiger partial charge in [0.15, 0.2) is 21.3 Å². The van der Waals surface area contributed by atoms with Gasteiger partial charge in [0.05, 0.1) is 22.9 Å². The summed E-state index contributed by atoms with van der Waals surface area (Å²) in [5.74, 6) is -3.30. The van der Waals surface area contributed by atoms with Crippen LogP contribution in [-0.2, 0) is 36.4 Å². The zero-order valence-corrected chi connectivity index (χ0v) is 29.3. The van der Waals surface area contributed by atoms with Crippen molar-refractivity contribution in [2.45, 2.75) is 74.7 Å². The summed E-state index contributed by atoms with van der Waals surface area (Å²) < 4.78 is 86.0. The molecule has 0 radical (unpaired) electrons. The number of amides is 1. The molecule has 1 aliphatic rings. The predicted molar refractivity (Wildman–Crippen MR) is 185 cm³/mol. The van der Waals surface area contributed by atoms with Crippen molar-refractivity contribution < 1.29 is 45.4 Å². The summed E-state index contributed by atoms with van der Waals surface area (Å²) in [6.07, 6.45) is -2.62. The number of rotatable bonds is 13. The number of anilines is 2. The van der Waals surface area contributed by atoms with Crippen molar-refractivity contribution in [1.82, 2.24) is 9.88 Å². The Morgan fingerprint density at radius 1 is 1.04 bits per heavy atom. The fraction of sp³-hybridized carbons (Fsp3) is 0.361. The summed E-state index contributed by atoms with van der Waals surface area (Å²) in [6.45, 7) is 4.99. The van der Waals surface area contributed by atoms with Gasteiger partial charge in [-0.1, -0.05) is 24.6 Å². The first-order valence-corrected chi connectivity index (χ1v) is 17.9. The van der Waals surface area contributed by atoms with Crippen molar-refractivity contribution in [3.63, 3.8) is 0 Å². The maximum atomic E-state index is 14.8. The monoisotopic (exact) mass is 728 g/mol. The number of hydrogen-bond acceptors (Lipinski definition) is 10. The van der Waals surface area contributed by atoms with Gasteiger partial charge >= 0.3 is 12.1 Å². The van der Waals surface area contributed by atoms with Crippen LogP contribution in [0.5, 0.6) is 11.5 Å². The van der Waals surface area contributed by atoms with E-state index in [0.29, 0.717) is 23.6 Å². The smallest absolute Gasteiger partial charge is 0.490 e. The number of carbonyl (C=O) groups excluding carboxylic acids is 2. The van der Waals surface area contributed by atoms with Crippen molar-refractivity contribution in [1.29, 1.82) is 0 Å². The standard InChI is InChI=1S/C36H39F3N4O7S/c1-5-48-30-20-25(13-16-29(30)49-22(2)3)35(50-34(45)36(37,38)39,42-26-14-15-28-23(19-26)17-18-41-32(28)40)33(44)43(4)21-24-9-6-7-12-31(24)51(46,47)27-10-8-11-27/h6-7,9,12-20,22,27,42H,5,8,10-11,21H2,1-4H3,(H2,40,41). The molecule has 0 aliphatic heterocycles. The maximum absolute atomic E-state index is 14.8. The largest absolute Gasteiger partial charge is 0.491 e. The lowest BCUT2D eigenvalue weighted by Gasteiger charge is -2.37. The molecule has 3 aromatic carbocycles. The quantitative estimate of drug-likeness (QED) is 0.118. The summed E-state index contributed by atoms with van der Waals surface area (Å²) in [5.41, 5.74) is 3.22. The van der Waals surface area contributed by atoms with Gasteiger partial charge in [-0.05, 0) is 93.1 Å². The van der Waals surface area contributed by atoms with Crippen LogP contribution in [-0.4, -0.2) is 61.4 Å². The van der Waals surface area contributed by atoms with Gasteiger partial charge in [0, 0.05) is 36.4 Å². The van der Waals surface area contributed by atoms with Crippen molar-refractivity contribution in [3.05, 3.63) is 84.1 Å². The molecule has 11 nitrogen and oxygen atoms in total. The van der Waals surface area contributed by atoms with Crippen molar-refractivity contribution in [2.24, 2.45) is 0 Å². The number of ether oxygens (including phenoxy) is 3. The molecular weight excluding hydrogens is 689 g/mol. The molecule has 0 spiro atoms. The van der Waals surface area contributed by atoms with Crippen LogP contribution in [0.25, 0.3) is 10.8 Å². The number of hydrogen-bond donors (Lipinski definition) is 2. The number of pyridine rings is 1. The lowest BCUT2D eigenvalue weighted by molar-refractivity contribution is -0.215. The molecule has 5 rings (SSSR count). The highest BCUT2D eigenvalue weighted by molar-refractivity contribution is 7.92. The van der Waals surface area contributed by atoms with Crippen LogP contribution in [0.4, 0.5) is 24.7 Å². The van der Waals surface area contributed by atoms with E-state index < -0.39 is 38.9 Å². The number of nitrogen functional groups attached to an aromatic ring is 1. The fourth-order valence-electron chi connectivity index (χ4n) is 5.77. The van der Waals surface area contributed by atoms with E-state index >= 15 is 0 Å².